The third kappa shape index (κ3) is 4.36. The molecule has 0 aliphatic heterocycles. The molecule has 0 bridgehead atoms. The highest BCUT2D eigenvalue weighted by Gasteiger charge is 2.10. The van der Waals surface area contributed by atoms with Gasteiger partial charge < -0.3 is 10.4 Å². The fourth-order valence-corrected chi connectivity index (χ4v) is 2.21. The summed E-state index contributed by atoms with van der Waals surface area (Å²) in [6, 6.07) is 11.7. The largest absolute Gasteiger partial charge is 0.387 e. The molecule has 4 heteroatoms. The van der Waals surface area contributed by atoms with Gasteiger partial charge in [0, 0.05) is 13.1 Å². The third-order valence-corrected chi connectivity index (χ3v) is 3.64. The number of aliphatic hydroxyl groups excluding tert-OH is 1. The van der Waals surface area contributed by atoms with E-state index in [1.54, 1.807) is 0 Å². The second-order valence-electron chi connectivity index (χ2n) is 5.72. The summed E-state index contributed by atoms with van der Waals surface area (Å²) in [4.78, 5) is 0. The van der Waals surface area contributed by atoms with Gasteiger partial charge in [0.1, 0.15) is 0 Å². The molecule has 2 aromatic carbocycles. The van der Waals surface area contributed by atoms with Gasteiger partial charge in [0.2, 0.25) is 0 Å². The molecule has 0 spiro atoms. The number of aliphatic hydroxyl groups is 1. The number of halogens is 2. The molecule has 0 aliphatic carbocycles. The van der Waals surface area contributed by atoms with E-state index in [4.69, 9.17) is 0 Å². The lowest BCUT2D eigenvalue weighted by Crippen LogP contribution is -2.21. The second-order valence-corrected chi connectivity index (χ2v) is 5.72. The summed E-state index contributed by atoms with van der Waals surface area (Å²) in [6.07, 6.45) is -0.870. The summed E-state index contributed by atoms with van der Waals surface area (Å²) < 4.78 is 26.0. The van der Waals surface area contributed by atoms with Gasteiger partial charge in [0.15, 0.2) is 11.6 Å². The van der Waals surface area contributed by atoms with Gasteiger partial charge in [-0.15, -0.1) is 0 Å². The van der Waals surface area contributed by atoms with Crippen molar-refractivity contribution in [3.63, 3.8) is 0 Å². The van der Waals surface area contributed by atoms with E-state index in [1.807, 2.05) is 12.1 Å². The topological polar surface area (TPSA) is 32.3 Å². The normalized spacial score (nSPS) is 12.6. The number of nitrogens with one attached hydrogen (secondary N) is 1. The van der Waals surface area contributed by atoms with Gasteiger partial charge >= 0.3 is 0 Å². The van der Waals surface area contributed by atoms with Gasteiger partial charge in [-0.2, -0.15) is 0 Å². The molecule has 0 saturated carbocycles. The molecule has 0 unspecified atom stereocenters. The Bertz CT molecular complexity index is 611. The van der Waals surface area contributed by atoms with Gasteiger partial charge in [-0.25, -0.2) is 8.78 Å². The summed E-state index contributed by atoms with van der Waals surface area (Å²) in [7, 11) is 0. The lowest BCUT2D eigenvalue weighted by atomic mass is 10.0. The van der Waals surface area contributed by atoms with E-state index < -0.39 is 17.7 Å². The van der Waals surface area contributed by atoms with E-state index in [0.717, 1.165) is 17.7 Å². The molecule has 22 heavy (non-hydrogen) atoms. The number of hydrogen-bond acceptors (Lipinski definition) is 2. The maximum atomic E-state index is 13.1. The Morgan fingerprint density at radius 1 is 0.955 bits per heavy atom. The molecule has 118 valence electrons. The highest BCUT2D eigenvalue weighted by Crippen LogP contribution is 2.17. The van der Waals surface area contributed by atoms with Crippen molar-refractivity contribution in [2.24, 2.45) is 0 Å². The Morgan fingerprint density at radius 2 is 1.59 bits per heavy atom. The fourth-order valence-electron chi connectivity index (χ4n) is 2.21. The Hall–Kier alpha value is -1.78. The van der Waals surface area contributed by atoms with E-state index in [0.29, 0.717) is 18.0 Å². The summed E-state index contributed by atoms with van der Waals surface area (Å²) in [5.74, 6) is -1.35. The SMILES string of the molecule is CC(C)c1ccc(CNC[C@@H](O)c2ccc(F)c(F)c2)cc1. The number of benzene rings is 2. The first-order valence-electron chi connectivity index (χ1n) is 7.40. The van der Waals surface area contributed by atoms with Crippen molar-refractivity contribution in [3.8, 4) is 0 Å². The first kappa shape index (κ1) is 16.6. The van der Waals surface area contributed by atoms with Crippen LogP contribution in [-0.4, -0.2) is 11.7 Å². The molecule has 0 saturated heterocycles. The monoisotopic (exact) mass is 305 g/mol. The third-order valence-electron chi connectivity index (χ3n) is 3.64. The zero-order valence-corrected chi connectivity index (χ0v) is 12.8. The van der Waals surface area contributed by atoms with E-state index >= 15 is 0 Å². The van der Waals surface area contributed by atoms with E-state index in [2.05, 4.69) is 31.3 Å². The zero-order chi connectivity index (χ0) is 16.1. The van der Waals surface area contributed by atoms with Crippen LogP contribution in [0.15, 0.2) is 42.5 Å². The number of rotatable bonds is 6. The Labute approximate surface area is 129 Å². The van der Waals surface area contributed by atoms with Crippen molar-refractivity contribution in [2.45, 2.75) is 32.4 Å². The first-order chi connectivity index (χ1) is 10.5. The van der Waals surface area contributed by atoms with E-state index in [1.165, 1.54) is 11.6 Å². The van der Waals surface area contributed by atoms with Crippen LogP contribution in [0.2, 0.25) is 0 Å². The molecule has 0 heterocycles. The summed E-state index contributed by atoms with van der Waals surface area (Å²) >= 11 is 0. The van der Waals surface area contributed by atoms with Crippen LogP contribution in [0.3, 0.4) is 0 Å². The molecule has 2 nitrogen and oxygen atoms in total. The maximum absolute atomic E-state index is 13.1. The van der Waals surface area contributed by atoms with Crippen molar-refractivity contribution in [3.05, 3.63) is 70.8 Å². The van der Waals surface area contributed by atoms with Crippen LogP contribution in [0.5, 0.6) is 0 Å². The summed E-state index contributed by atoms with van der Waals surface area (Å²) in [5.41, 5.74) is 2.76. The molecule has 0 aliphatic rings. The molecule has 0 aromatic heterocycles. The minimum Gasteiger partial charge on any atom is -0.387 e. The molecule has 2 N–H and O–H groups in total. The van der Waals surface area contributed by atoms with Crippen molar-refractivity contribution in [1.29, 1.82) is 0 Å². The summed E-state index contributed by atoms with van der Waals surface area (Å²) in [6.45, 7) is 5.17. The summed E-state index contributed by atoms with van der Waals surface area (Å²) in [5, 5.41) is 13.1. The molecule has 1 atom stereocenters. The molecule has 2 aromatic rings. The molecule has 2 rings (SSSR count). The molecular weight excluding hydrogens is 284 g/mol. The highest BCUT2D eigenvalue weighted by atomic mass is 19.2. The van der Waals surface area contributed by atoms with Crippen molar-refractivity contribution in [2.75, 3.05) is 6.54 Å². The van der Waals surface area contributed by atoms with Crippen molar-refractivity contribution in [1.82, 2.24) is 5.32 Å². The van der Waals surface area contributed by atoms with Gasteiger partial charge in [-0.1, -0.05) is 44.2 Å². The quantitative estimate of drug-likeness (QED) is 0.848. The fraction of sp³-hybridized carbons (Fsp3) is 0.333. The van der Waals surface area contributed by atoms with Gasteiger partial charge in [0.25, 0.3) is 0 Å². The van der Waals surface area contributed by atoms with Crippen LogP contribution in [0.25, 0.3) is 0 Å². The Morgan fingerprint density at radius 3 is 2.18 bits per heavy atom. The van der Waals surface area contributed by atoms with Crippen LogP contribution in [0.1, 0.15) is 42.6 Å². The molecule has 0 radical (unpaired) electrons. The Balaban J connectivity index is 1.86. The predicted molar refractivity (Wildman–Crippen MR) is 83.6 cm³/mol. The lowest BCUT2D eigenvalue weighted by molar-refractivity contribution is 0.173. The standard InChI is InChI=1S/C18H21F2NO/c1-12(2)14-5-3-13(4-6-14)10-21-11-18(22)15-7-8-16(19)17(20)9-15/h3-9,12,18,21-22H,10-11H2,1-2H3/t18-/m1/s1. The highest BCUT2D eigenvalue weighted by molar-refractivity contribution is 5.25. The van der Waals surface area contributed by atoms with E-state index in [9.17, 15) is 13.9 Å². The average Bonchev–Trinajstić information content (AvgIpc) is 2.50. The van der Waals surface area contributed by atoms with Crippen molar-refractivity contribution < 1.29 is 13.9 Å². The van der Waals surface area contributed by atoms with Crippen LogP contribution >= 0.6 is 0 Å². The first-order valence-corrected chi connectivity index (χ1v) is 7.40. The molecule has 0 fully saturated rings. The van der Waals surface area contributed by atoms with Crippen LogP contribution < -0.4 is 5.32 Å². The predicted octanol–water partition coefficient (Wildman–Crippen LogP) is 3.91. The Kier molecular flexibility index (Phi) is 5.63. The van der Waals surface area contributed by atoms with E-state index in [-0.39, 0.29) is 6.54 Å². The minimum atomic E-state index is -0.944. The smallest absolute Gasteiger partial charge is 0.159 e. The maximum Gasteiger partial charge on any atom is 0.159 e. The second kappa shape index (κ2) is 7.47. The molecule has 0 amide bonds. The van der Waals surface area contributed by atoms with Gasteiger partial charge in [0.05, 0.1) is 6.10 Å². The average molecular weight is 305 g/mol. The van der Waals surface area contributed by atoms with Crippen LogP contribution in [0.4, 0.5) is 8.78 Å². The van der Waals surface area contributed by atoms with Gasteiger partial charge in [-0.05, 0) is 34.7 Å². The zero-order valence-electron chi connectivity index (χ0n) is 12.8. The lowest BCUT2D eigenvalue weighted by Gasteiger charge is -2.13. The van der Waals surface area contributed by atoms with Gasteiger partial charge in [-0.3, -0.25) is 0 Å². The van der Waals surface area contributed by atoms with Crippen LogP contribution in [-0.2, 0) is 6.54 Å². The van der Waals surface area contributed by atoms with Crippen molar-refractivity contribution >= 4 is 0 Å². The van der Waals surface area contributed by atoms with Crippen LogP contribution in [0, 0.1) is 11.6 Å². The molecular formula is C18H21F2NO. The minimum absolute atomic E-state index is 0.275. The number of hydrogen-bond donors (Lipinski definition) is 2.